The molecule has 0 radical (unpaired) electrons. The van der Waals surface area contributed by atoms with Crippen LogP contribution < -0.4 is 9.47 Å². The van der Waals surface area contributed by atoms with E-state index in [1.165, 1.54) is 0 Å². The number of hydrogen-bond acceptors (Lipinski definition) is 4. The minimum atomic E-state index is 0.631. The van der Waals surface area contributed by atoms with Crippen molar-refractivity contribution in [2.24, 2.45) is 0 Å². The molecule has 5 nitrogen and oxygen atoms in total. The molecule has 0 amide bonds. The Morgan fingerprint density at radius 1 is 0.955 bits per heavy atom. The average Bonchev–Trinajstić information content (AvgIpc) is 3.04. The Hall–Kier alpha value is -2.82. The van der Waals surface area contributed by atoms with Gasteiger partial charge in [0, 0.05) is 5.56 Å². The van der Waals surface area contributed by atoms with E-state index in [0.29, 0.717) is 11.5 Å². The van der Waals surface area contributed by atoms with Gasteiger partial charge in [0.15, 0.2) is 11.5 Å². The van der Waals surface area contributed by atoms with Crippen molar-refractivity contribution in [1.29, 1.82) is 0 Å². The number of benzene rings is 2. The van der Waals surface area contributed by atoms with Crippen molar-refractivity contribution >= 4 is 0 Å². The van der Waals surface area contributed by atoms with Gasteiger partial charge in [-0.15, -0.1) is 5.10 Å². The highest BCUT2D eigenvalue weighted by Crippen LogP contribution is 2.33. The molecule has 0 N–H and O–H groups in total. The van der Waals surface area contributed by atoms with E-state index in [2.05, 4.69) is 23.3 Å². The van der Waals surface area contributed by atoms with Crippen LogP contribution in [0.1, 0.15) is 5.56 Å². The Balaban J connectivity index is 2.07. The molecule has 0 unspecified atom stereocenters. The van der Waals surface area contributed by atoms with E-state index in [1.54, 1.807) is 18.9 Å². The van der Waals surface area contributed by atoms with Crippen molar-refractivity contribution in [3.63, 3.8) is 0 Å². The maximum Gasteiger partial charge on any atom is 0.186 e. The number of para-hydroxylation sites is 1. The number of hydrogen-bond donors (Lipinski definition) is 0. The minimum Gasteiger partial charge on any atom is -0.493 e. The third-order valence-corrected chi connectivity index (χ3v) is 3.54. The lowest BCUT2D eigenvalue weighted by atomic mass is 10.1. The molecule has 0 saturated heterocycles. The molecule has 112 valence electrons. The molecule has 0 saturated carbocycles. The predicted octanol–water partition coefficient (Wildman–Crippen LogP) is 3.26. The summed E-state index contributed by atoms with van der Waals surface area (Å²) in [7, 11) is 3.22. The van der Waals surface area contributed by atoms with Crippen molar-refractivity contribution in [2.75, 3.05) is 14.2 Å². The standard InChI is InChI=1S/C17H17N3O2/c1-12-7-4-5-8-13(12)14-11-20(19-18-14)15-9-6-10-16(21-2)17(15)22-3/h4-11H,1-3H3. The van der Waals surface area contributed by atoms with E-state index < -0.39 is 0 Å². The summed E-state index contributed by atoms with van der Waals surface area (Å²) in [5.74, 6) is 1.29. The topological polar surface area (TPSA) is 49.2 Å². The Morgan fingerprint density at radius 3 is 2.50 bits per heavy atom. The Bertz CT molecular complexity index is 796. The van der Waals surface area contributed by atoms with Gasteiger partial charge in [0.1, 0.15) is 11.4 Å². The first-order valence-corrected chi connectivity index (χ1v) is 6.94. The minimum absolute atomic E-state index is 0.631. The smallest absolute Gasteiger partial charge is 0.186 e. The molecule has 0 spiro atoms. The molecule has 3 aromatic rings. The van der Waals surface area contributed by atoms with Crippen LogP contribution in [0.5, 0.6) is 11.5 Å². The summed E-state index contributed by atoms with van der Waals surface area (Å²) in [6.07, 6.45) is 1.89. The van der Waals surface area contributed by atoms with Crippen molar-refractivity contribution < 1.29 is 9.47 Å². The van der Waals surface area contributed by atoms with Gasteiger partial charge in [0.25, 0.3) is 0 Å². The Kier molecular flexibility index (Phi) is 3.78. The molecular weight excluding hydrogens is 278 g/mol. The largest absolute Gasteiger partial charge is 0.493 e. The number of ether oxygens (including phenoxy) is 2. The van der Waals surface area contributed by atoms with E-state index in [4.69, 9.17) is 9.47 Å². The summed E-state index contributed by atoms with van der Waals surface area (Å²) in [6.45, 7) is 2.06. The SMILES string of the molecule is COc1cccc(-n2cc(-c3ccccc3C)nn2)c1OC. The average molecular weight is 295 g/mol. The lowest BCUT2D eigenvalue weighted by Gasteiger charge is -2.11. The number of rotatable bonds is 4. The molecule has 1 aromatic heterocycles. The molecule has 5 heteroatoms. The molecule has 3 rings (SSSR count). The van der Waals surface area contributed by atoms with Crippen molar-refractivity contribution in [3.05, 3.63) is 54.2 Å². The second-order valence-electron chi connectivity index (χ2n) is 4.88. The second kappa shape index (κ2) is 5.89. The zero-order valence-electron chi connectivity index (χ0n) is 12.8. The summed E-state index contributed by atoms with van der Waals surface area (Å²) in [4.78, 5) is 0. The number of aromatic nitrogens is 3. The highest BCUT2D eigenvalue weighted by atomic mass is 16.5. The maximum atomic E-state index is 5.45. The number of methoxy groups -OCH3 is 2. The number of nitrogens with zero attached hydrogens (tertiary/aromatic N) is 3. The van der Waals surface area contributed by atoms with Crippen LogP contribution in [0.15, 0.2) is 48.7 Å². The third-order valence-electron chi connectivity index (χ3n) is 3.54. The highest BCUT2D eigenvalue weighted by Gasteiger charge is 2.14. The van der Waals surface area contributed by atoms with Gasteiger partial charge >= 0.3 is 0 Å². The lowest BCUT2D eigenvalue weighted by Crippen LogP contribution is -2.00. The van der Waals surface area contributed by atoms with E-state index >= 15 is 0 Å². The fraction of sp³-hybridized carbons (Fsp3) is 0.176. The van der Waals surface area contributed by atoms with Gasteiger partial charge in [-0.3, -0.25) is 0 Å². The lowest BCUT2D eigenvalue weighted by molar-refractivity contribution is 0.353. The van der Waals surface area contributed by atoms with Crippen LogP contribution in [0, 0.1) is 6.92 Å². The van der Waals surface area contributed by atoms with Crippen LogP contribution in [-0.4, -0.2) is 29.2 Å². The molecule has 0 fully saturated rings. The van der Waals surface area contributed by atoms with Crippen molar-refractivity contribution in [1.82, 2.24) is 15.0 Å². The monoisotopic (exact) mass is 295 g/mol. The van der Waals surface area contributed by atoms with Gasteiger partial charge in [0.2, 0.25) is 0 Å². The van der Waals surface area contributed by atoms with E-state index in [1.807, 2.05) is 42.6 Å². The van der Waals surface area contributed by atoms with Gasteiger partial charge in [0.05, 0.1) is 20.4 Å². The fourth-order valence-corrected chi connectivity index (χ4v) is 2.42. The van der Waals surface area contributed by atoms with Gasteiger partial charge in [-0.2, -0.15) is 0 Å². The van der Waals surface area contributed by atoms with Gasteiger partial charge in [-0.05, 0) is 24.6 Å². The van der Waals surface area contributed by atoms with Crippen molar-refractivity contribution in [2.45, 2.75) is 6.92 Å². The first kappa shape index (κ1) is 14.1. The highest BCUT2D eigenvalue weighted by molar-refractivity contribution is 5.63. The predicted molar refractivity (Wildman–Crippen MR) is 84.6 cm³/mol. The summed E-state index contributed by atoms with van der Waals surface area (Å²) < 4.78 is 12.5. The Labute approximate surface area is 129 Å². The normalized spacial score (nSPS) is 10.5. The van der Waals surface area contributed by atoms with Crippen LogP contribution in [0.25, 0.3) is 16.9 Å². The van der Waals surface area contributed by atoms with Gasteiger partial charge in [-0.25, -0.2) is 4.68 Å². The van der Waals surface area contributed by atoms with Crippen LogP contribution in [0.4, 0.5) is 0 Å². The number of aryl methyl sites for hydroxylation is 1. The molecule has 0 bridgehead atoms. The van der Waals surface area contributed by atoms with E-state index in [9.17, 15) is 0 Å². The van der Waals surface area contributed by atoms with Crippen LogP contribution in [0.3, 0.4) is 0 Å². The zero-order chi connectivity index (χ0) is 15.5. The molecule has 22 heavy (non-hydrogen) atoms. The molecule has 2 aromatic carbocycles. The summed E-state index contributed by atoms with van der Waals surface area (Å²) in [5, 5.41) is 8.49. The first-order chi connectivity index (χ1) is 10.7. The first-order valence-electron chi connectivity index (χ1n) is 6.94. The molecule has 0 aliphatic carbocycles. The molecule has 0 aliphatic rings. The van der Waals surface area contributed by atoms with Crippen LogP contribution >= 0.6 is 0 Å². The van der Waals surface area contributed by atoms with Gasteiger partial charge < -0.3 is 9.47 Å². The Morgan fingerprint density at radius 2 is 1.77 bits per heavy atom. The van der Waals surface area contributed by atoms with E-state index in [-0.39, 0.29) is 0 Å². The fourth-order valence-electron chi connectivity index (χ4n) is 2.42. The van der Waals surface area contributed by atoms with Gasteiger partial charge in [-0.1, -0.05) is 35.5 Å². The maximum absolute atomic E-state index is 5.45. The summed E-state index contributed by atoms with van der Waals surface area (Å²) in [5.41, 5.74) is 3.83. The molecule has 1 heterocycles. The zero-order valence-corrected chi connectivity index (χ0v) is 12.8. The molecule has 0 atom stereocenters. The molecular formula is C17H17N3O2. The van der Waals surface area contributed by atoms with E-state index in [0.717, 1.165) is 22.5 Å². The van der Waals surface area contributed by atoms with Crippen LogP contribution in [0.2, 0.25) is 0 Å². The van der Waals surface area contributed by atoms with Crippen LogP contribution in [-0.2, 0) is 0 Å². The summed E-state index contributed by atoms with van der Waals surface area (Å²) in [6, 6.07) is 13.7. The van der Waals surface area contributed by atoms with Crippen molar-refractivity contribution in [3.8, 4) is 28.4 Å². The molecule has 0 aliphatic heterocycles. The summed E-state index contributed by atoms with van der Waals surface area (Å²) >= 11 is 0. The quantitative estimate of drug-likeness (QED) is 0.741. The third kappa shape index (κ3) is 2.41. The second-order valence-corrected chi connectivity index (χ2v) is 4.88.